The number of nitrogens with zero attached hydrogens (tertiary/aromatic N) is 4. The minimum atomic E-state index is -3.77. The number of hydrogen-bond donors (Lipinski definition) is 1. The van der Waals surface area contributed by atoms with Gasteiger partial charge in [0.15, 0.2) is 5.69 Å². The zero-order valence-electron chi connectivity index (χ0n) is 15.9. The summed E-state index contributed by atoms with van der Waals surface area (Å²) < 4.78 is 34.2. The highest BCUT2D eigenvalue weighted by Gasteiger charge is 2.22. The van der Waals surface area contributed by atoms with Gasteiger partial charge < -0.3 is 9.64 Å². The molecule has 1 amide bonds. The molecule has 2 aromatic rings. The molecule has 0 bridgehead atoms. The number of nitrogens with one attached hydrogen (secondary N) is 1. The molecule has 1 saturated heterocycles. The first-order valence-electron chi connectivity index (χ1n) is 9.01. The summed E-state index contributed by atoms with van der Waals surface area (Å²) in [6, 6.07) is 4.41. The van der Waals surface area contributed by atoms with Crippen LogP contribution in [0.4, 0.5) is 0 Å². The number of halogens is 1. The molecule has 1 N–H and O–H groups in total. The fourth-order valence-corrected chi connectivity index (χ4v) is 5.23. The van der Waals surface area contributed by atoms with E-state index in [0.717, 1.165) is 11.5 Å². The Balaban J connectivity index is 1.52. The Morgan fingerprint density at radius 1 is 1.34 bits per heavy atom. The average molecular weight is 460 g/mol. The van der Waals surface area contributed by atoms with Crippen LogP contribution in [-0.2, 0) is 16.6 Å². The number of hydrogen-bond acceptors (Lipinski definition) is 7. The fourth-order valence-electron chi connectivity index (χ4n) is 2.82. The van der Waals surface area contributed by atoms with Crippen LogP contribution in [0.1, 0.15) is 16.9 Å². The van der Waals surface area contributed by atoms with Gasteiger partial charge in [0, 0.05) is 42.7 Å². The topological polar surface area (TPSA) is 106 Å². The highest BCUT2D eigenvalue weighted by atomic mass is 35.5. The van der Waals surface area contributed by atoms with Crippen molar-refractivity contribution in [2.45, 2.75) is 17.9 Å². The summed E-state index contributed by atoms with van der Waals surface area (Å²) in [6.45, 7) is 2.03. The summed E-state index contributed by atoms with van der Waals surface area (Å²) in [6.07, 6.45) is 2.07. The Morgan fingerprint density at radius 3 is 2.83 bits per heavy atom. The lowest BCUT2D eigenvalue weighted by Gasteiger charge is -2.25. The second-order valence-corrected chi connectivity index (χ2v) is 9.71. The second kappa shape index (κ2) is 9.79. The third-order valence-corrected chi connectivity index (χ3v) is 6.99. The molecular weight excluding hydrogens is 438 g/mol. The summed E-state index contributed by atoms with van der Waals surface area (Å²) in [4.78, 5) is 14.2. The Labute approximate surface area is 178 Å². The number of aromatic nitrogens is 3. The monoisotopic (exact) mass is 459 g/mol. The number of sulfonamides is 1. The number of amides is 1. The van der Waals surface area contributed by atoms with Gasteiger partial charge >= 0.3 is 0 Å². The van der Waals surface area contributed by atoms with Crippen LogP contribution in [-0.4, -0.2) is 72.5 Å². The Morgan fingerprint density at radius 2 is 2.10 bits per heavy atom. The molecule has 0 spiro atoms. The quantitative estimate of drug-likeness (QED) is 0.596. The molecule has 9 nitrogen and oxygen atoms in total. The van der Waals surface area contributed by atoms with Crippen LogP contribution in [0.2, 0.25) is 5.02 Å². The number of ether oxygens (including phenoxy) is 1. The van der Waals surface area contributed by atoms with E-state index in [2.05, 4.69) is 15.0 Å². The van der Waals surface area contributed by atoms with Gasteiger partial charge in [-0.15, -0.1) is 5.10 Å². The summed E-state index contributed by atoms with van der Waals surface area (Å²) >= 11 is 7.73. The van der Waals surface area contributed by atoms with Crippen molar-refractivity contribution >= 4 is 39.3 Å². The molecule has 3 rings (SSSR count). The maximum absolute atomic E-state index is 12.5. The molecule has 1 fully saturated rings. The third-order valence-electron chi connectivity index (χ3n) is 4.33. The van der Waals surface area contributed by atoms with Gasteiger partial charge in [-0.1, -0.05) is 16.8 Å². The molecule has 158 valence electrons. The van der Waals surface area contributed by atoms with E-state index in [0.29, 0.717) is 36.8 Å². The predicted molar refractivity (Wildman–Crippen MR) is 111 cm³/mol. The van der Waals surface area contributed by atoms with Crippen molar-refractivity contribution in [1.82, 2.24) is 24.6 Å². The molecule has 12 heteroatoms. The molecule has 1 aliphatic heterocycles. The molecule has 0 saturated carbocycles. The maximum Gasteiger partial charge on any atom is 0.276 e. The van der Waals surface area contributed by atoms with E-state index in [4.69, 9.17) is 16.3 Å². The lowest BCUT2D eigenvalue weighted by Crippen LogP contribution is -2.38. The van der Waals surface area contributed by atoms with Crippen molar-refractivity contribution < 1.29 is 17.9 Å². The highest BCUT2D eigenvalue weighted by Crippen LogP contribution is 2.26. The zero-order valence-corrected chi connectivity index (χ0v) is 18.3. The molecule has 29 heavy (non-hydrogen) atoms. The van der Waals surface area contributed by atoms with E-state index in [1.54, 1.807) is 21.8 Å². The minimum Gasteiger partial charge on any atom is -0.495 e. The van der Waals surface area contributed by atoms with Crippen LogP contribution in [0, 0.1) is 0 Å². The van der Waals surface area contributed by atoms with Crippen molar-refractivity contribution in [1.29, 1.82) is 0 Å². The number of carbonyl (C=O) groups is 1. The van der Waals surface area contributed by atoms with Crippen molar-refractivity contribution in [3.63, 3.8) is 0 Å². The van der Waals surface area contributed by atoms with Gasteiger partial charge in [-0.2, -0.15) is 11.8 Å². The Kier molecular flexibility index (Phi) is 7.38. The minimum absolute atomic E-state index is 0.0131. The first kappa shape index (κ1) is 21.9. The molecule has 1 aromatic heterocycles. The van der Waals surface area contributed by atoms with Gasteiger partial charge in [0.2, 0.25) is 10.0 Å². The standard InChI is InChI=1S/C17H22ClN5O4S2/c1-27-15-4-3-13(18)11-16(15)29(25,26)19-5-2-6-23-12-14(20-21-23)17(24)22-7-9-28-10-8-22/h3-4,11-12,19H,2,5-10H2,1H3. The van der Waals surface area contributed by atoms with Gasteiger partial charge in [-0.25, -0.2) is 13.1 Å². The number of benzene rings is 1. The largest absolute Gasteiger partial charge is 0.495 e. The summed E-state index contributed by atoms with van der Waals surface area (Å²) in [7, 11) is -2.37. The van der Waals surface area contributed by atoms with Crippen LogP contribution < -0.4 is 9.46 Å². The van der Waals surface area contributed by atoms with E-state index in [9.17, 15) is 13.2 Å². The van der Waals surface area contributed by atoms with Crippen molar-refractivity contribution in [2.75, 3.05) is 38.2 Å². The van der Waals surface area contributed by atoms with Crippen molar-refractivity contribution in [2.24, 2.45) is 0 Å². The molecule has 0 atom stereocenters. The number of aryl methyl sites for hydroxylation is 1. The van der Waals surface area contributed by atoms with E-state index in [-0.39, 0.29) is 23.1 Å². The molecule has 0 aliphatic carbocycles. The van der Waals surface area contributed by atoms with E-state index < -0.39 is 10.0 Å². The second-order valence-electron chi connectivity index (χ2n) is 6.32. The van der Waals surface area contributed by atoms with Crippen LogP contribution >= 0.6 is 23.4 Å². The number of methoxy groups -OCH3 is 1. The number of rotatable bonds is 8. The predicted octanol–water partition coefficient (Wildman–Crippen LogP) is 1.50. The Hall–Kier alpha value is -1.82. The van der Waals surface area contributed by atoms with Crippen molar-refractivity contribution in [3.05, 3.63) is 35.1 Å². The van der Waals surface area contributed by atoms with Gasteiger partial charge in [0.05, 0.1) is 13.3 Å². The Bertz CT molecular complexity index is 960. The normalized spacial score (nSPS) is 14.8. The molecule has 2 heterocycles. The molecule has 1 aliphatic rings. The SMILES string of the molecule is COc1ccc(Cl)cc1S(=O)(=O)NCCCn1cc(C(=O)N2CCSCC2)nn1. The summed E-state index contributed by atoms with van der Waals surface area (Å²) in [5.41, 5.74) is 0.307. The lowest BCUT2D eigenvalue weighted by atomic mass is 10.3. The maximum atomic E-state index is 12.5. The lowest BCUT2D eigenvalue weighted by molar-refractivity contribution is 0.0766. The van der Waals surface area contributed by atoms with Crippen LogP contribution in [0.15, 0.2) is 29.3 Å². The van der Waals surface area contributed by atoms with Gasteiger partial charge in [0.25, 0.3) is 5.91 Å². The first-order valence-corrected chi connectivity index (χ1v) is 12.0. The van der Waals surface area contributed by atoms with E-state index >= 15 is 0 Å². The van der Waals surface area contributed by atoms with Crippen molar-refractivity contribution in [3.8, 4) is 5.75 Å². The summed E-state index contributed by atoms with van der Waals surface area (Å²) in [5.74, 6) is 1.96. The van der Waals surface area contributed by atoms with Crippen LogP contribution in [0.3, 0.4) is 0 Å². The third kappa shape index (κ3) is 5.62. The fraction of sp³-hybridized carbons (Fsp3) is 0.471. The van der Waals surface area contributed by atoms with E-state index in [1.165, 1.54) is 19.2 Å². The molecular formula is C17H22ClN5O4S2. The first-order chi connectivity index (χ1) is 13.9. The van der Waals surface area contributed by atoms with Gasteiger partial charge in [-0.05, 0) is 24.6 Å². The number of thioether (sulfide) groups is 1. The van der Waals surface area contributed by atoms with Crippen LogP contribution in [0.25, 0.3) is 0 Å². The average Bonchev–Trinajstić information content (AvgIpc) is 3.20. The highest BCUT2D eigenvalue weighted by molar-refractivity contribution is 7.99. The number of carbonyl (C=O) groups excluding carboxylic acids is 1. The molecule has 1 aromatic carbocycles. The smallest absolute Gasteiger partial charge is 0.276 e. The van der Waals surface area contributed by atoms with Crippen LogP contribution in [0.5, 0.6) is 5.75 Å². The van der Waals surface area contributed by atoms with Gasteiger partial charge in [-0.3, -0.25) is 9.48 Å². The zero-order chi connectivity index (χ0) is 20.9. The molecule has 0 unspecified atom stereocenters. The van der Waals surface area contributed by atoms with E-state index in [1.807, 2.05) is 11.8 Å². The summed E-state index contributed by atoms with van der Waals surface area (Å²) in [5, 5.41) is 8.21. The molecule has 0 radical (unpaired) electrons. The van der Waals surface area contributed by atoms with Gasteiger partial charge in [0.1, 0.15) is 10.6 Å².